The Labute approximate surface area is 235 Å². The van der Waals surface area contributed by atoms with E-state index in [1.54, 1.807) is 16.4 Å². The van der Waals surface area contributed by atoms with E-state index in [1.807, 2.05) is 55.5 Å². The summed E-state index contributed by atoms with van der Waals surface area (Å²) in [6.07, 6.45) is 0.770. The van der Waals surface area contributed by atoms with Gasteiger partial charge in [-0.25, -0.2) is 8.42 Å². The van der Waals surface area contributed by atoms with Crippen molar-refractivity contribution in [3.63, 3.8) is 0 Å². The van der Waals surface area contributed by atoms with Crippen LogP contribution in [0.15, 0.2) is 83.8 Å². The van der Waals surface area contributed by atoms with Crippen molar-refractivity contribution in [1.29, 1.82) is 0 Å². The summed E-state index contributed by atoms with van der Waals surface area (Å²) in [5, 5.41) is 1.97. The van der Waals surface area contributed by atoms with Crippen LogP contribution >= 0.6 is 0 Å². The minimum absolute atomic E-state index is 0.335. The molecule has 5 heteroatoms. The average Bonchev–Trinajstić information content (AvgIpc) is 2.91. The molecule has 0 unspecified atom stereocenters. The van der Waals surface area contributed by atoms with E-state index in [9.17, 15) is 8.42 Å². The minimum Gasteiger partial charge on any atom is -0.320 e. The zero-order valence-electron chi connectivity index (χ0n) is 24.4. The highest BCUT2D eigenvalue weighted by molar-refractivity contribution is 7.92. The maximum absolute atomic E-state index is 14.2. The SMILES string of the molecule is CC[N+](CC)(CCCN(c1ccc(C)c(C)c1)S(=O)(=O)c1ccc2ccccc2c1)Cc1cc(C)cc(C)c1. The van der Waals surface area contributed by atoms with Gasteiger partial charge in [0, 0.05) is 18.5 Å². The van der Waals surface area contributed by atoms with E-state index in [4.69, 9.17) is 0 Å². The third kappa shape index (κ3) is 6.54. The van der Waals surface area contributed by atoms with Crippen LogP contribution in [0, 0.1) is 27.7 Å². The number of anilines is 1. The van der Waals surface area contributed by atoms with Crippen molar-refractivity contribution >= 4 is 26.5 Å². The lowest BCUT2D eigenvalue weighted by atomic mass is 10.1. The van der Waals surface area contributed by atoms with Crippen LogP contribution in [0.2, 0.25) is 0 Å². The molecule has 206 valence electrons. The van der Waals surface area contributed by atoms with Crippen molar-refractivity contribution in [3.8, 4) is 0 Å². The van der Waals surface area contributed by atoms with Crippen molar-refractivity contribution < 1.29 is 12.9 Å². The number of hydrogen-bond donors (Lipinski definition) is 0. The lowest BCUT2D eigenvalue weighted by Crippen LogP contribution is -2.48. The number of fused-ring (bicyclic) bond motifs is 1. The summed E-state index contributed by atoms with van der Waals surface area (Å²) in [4.78, 5) is 0.335. The fourth-order valence-electron chi connectivity index (χ4n) is 5.66. The molecular weight excluding hydrogens is 500 g/mol. The van der Waals surface area contributed by atoms with E-state index < -0.39 is 10.0 Å². The van der Waals surface area contributed by atoms with Gasteiger partial charge in [0.15, 0.2) is 0 Å². The second-order valence-corrected chi connectivity index (χ2v) is 12.9. The van der Waals surface area contributed by atoms with Gasteiger partial charge in [-0.1, -0.05) is 65.7 Å². The smallest absolute Gasteiger partial charge is 0.264 e. The summed E-state index contributed by atoms with van der Waals surface area (Å²) in [6, 6.07) is 26.1. The fraction of sp³-hybridized carbons (Fsp3) is 0.353. The molecule has 0 aromatic heterocycles. The maximum atomic E-state index is 14.2. The Hall–Kier alpha value is -3.15. The number of sulfonamides is 1. The molecule has 0 N–H and O–H groups in total. The van der Waals surface area contributed by atoms with Gasteiger partial charge in [-0.2, -0.15) is 0 Å². The number of rotatable bonds is 11. The largest absolute Gasteiger partial charge is 0.320 e. The zero-order chi connectivity index (χ0) is 28.2. The number of hydrogen-bond acceptors (Lipinski definition) is 2. The Bertz CT molecular complexity index is 1530. The first kappa shape index (κ1) is 28.8. The molecule has 0 aliphatic rings. The molecule has 0 radical (unpaired) electrons. The van der Waals surface area contributed by atoms with Crippen molar-refractivity contribution in [2.45, 2.75) is 59.4 Å². The molecule has 0 aliphatic carbocycles. The van der Waals surface area contributed by atoms with Crippen LogP contribution in [0.1, 0.15) is 48.1 Å². The van der Waals surface area contributed by atoms with Crippen LogP contribution < -0.4 is 4.31 Å². The summed E-state index contributed by atoms with van der Waals surface area (Å²) < 4.78 is 30.9. The molecule has 4 aromatic carbocycles. The van der Waals surface area contributed by atoms with Gasteiger partial charge in [0.05, 0.1) is 30.2 Å². The van der Waals surface area contributed by atoms with E-state index >= 15 is 0 Å². The lowest BCUT2D eigenvalue weighted by molar-refractivity contribution is -0.937. The van der Waals surface area contributed by atoms with E-state index in [-0.39, 0.29) is 0 Å². The van der Waals surface area contributed by atoms with Crippen molar-refractivity contribution in [2.75, 3.05) is 30.5 Å². The lowest BCUT2D eigenvalue weighted by Gasteiger charge is -2.38. The second-order valence-electron chi connectivity index (χ2n) is 11.1. The predicted octanol–water partition coefficient (Wildman–Crippen LogP) is 7.72. The summed E-state index contributed by atoms with van der Waals surface area (Å²) in [6.45, 7) is 17.2. The topological polar surface area (TPSA) is 37.4 Å². The molecule has 4 aromatic rings. The van der Waals surface area contributed by atoms with Gasteiger partial charge >= 0.3 is 0 Å². The second kappa shape index (κ2) is 11.9. The standard InChI is InChI=1S/C34H43N2O2S/c1-7-36(8-2,25-30-21-26(3)20-27(4)22-30)19-11-18-35(33-16-14-28(5)29(6)23-33)39(37,38)34-17-15-31-12-9-10-13-32(31)24-34/h9-10,12-17,20-24H,7-8,11,18-19,25H2,1-6H3/q+1. The van der Waals surface area contributed by atoms with Gasteiger partial charge in [0.25, 0.3) is 10.0 Å². The van der Waals surface area contributed by atoms with Crippen LogP contribution in [-0.4, -0.2) is 39.1 Å². The minimum atomic E-state index is -3.75. The Morgan fingerprint density at radius 2 is 1.38 bits per heavy atom. The van der Waals surface area contributed by atoms with Gasteiger partial charge < -0.3 is 4.48 Å². The monoisotopic (exact) mass is 543 g/mol. The Balaban J connectivity index is 1.64. The van der Waals surface area contributed by atoms with Crippen molar-refractivity contribution in [3.05, 3.63) is 107 Å². The molecule has 0 bridgehead atoms. The molecule has 0 saturated heterocycles. The molecule has 0 atom stereocenters. The first-order valence-corrected chi connectivity index (χ1v) is 15.5. The molecule has 0 amide bonds. The maximum Gasteiger partial charge on any atom is 0.264 e. The normalized spacial score (nSPS) is 12.2. The number of aryl methyl sites for hydroxylation is 4. The Morgan fingerprint density at radius 3 is 2.03 bits per heavy atom. The fourth-order valence-corrected chi connectivity index (χ4v) is 7.19. The molecule has 4 rings (SSSR count). The van der Waals surface area contributed by atoms with Crippen LogP contribution in [-0.2, 0) is 16.6 Å². The highest BCUT2D eigenvalue weighted by Gasteiger charge is 2.28. The first-order valence-electron chi connectivity index (χ1n) is 14.1. The van der Waals surface area contributed by atoms with Gasteiger partial charge in [0.2, 0.25) is 0 Å². The number of quaternary nitrogens is 1. The Morgan fingerprint density at radius 1 is 0.718 bits per heavy atom. The predicted molar refractivity (Wildman–Crippen MR) is 165 cm³/mol. The molecular formula is C34H43N2O2S+. The van der Waals surface area contributed by atoms with Crippen LogP contribution in [0.25, 0.3) is 10.8 Å². The van der Waals surface area contributed by atoms with Crippen LogP contribution in [0.4, 0.5) is 5.69 Å². The average molecular weight is 544 g/mol. The highest BCUT2D eigenvalue weighted by Crippen LogP contribution is 2.29. The third-order valence-electron chi connectivity index (χ3n) is 8.22. The molecule has 0 aliphatic heterocycles. The van der Waals surface area contributed by atoms with E-state index in [1.165, 1.54) is 16.7 Å². The van der Waals surface area contributed by atoms with E-state index in [0.717, 1.165) is 64.7 Å². The van der Waals surface area contributed by atoms with Gasteiger partial charge in [-0.05, 0) is 87.7 Å². The molecule has 0 spiro atoms. The summed E-state index contributed by atoms with van der Waals surface area (Å²) in [7, 11) is -3.75. The van der Waals surface area contributed by atoms with Crippen molar-refractivity contribution in [1.82, 2.24) is 0 Å². The molecule has 39 heavy (non-hydrogen) atoms. The quantitative estimate of drug-likeness (QED) is 0.182. The van der Waals surface area contributed by atoms with E-state index in [2.05, 4.69) is 52.8 Å². The summed E-state index contributed by atoms with van der Waals surface area (Å²) >= 11 is 0. The summed E-state index contributed by atoms with van der Waals surface area (Å²) in [5.41, 5.74) is 6.91. The molecule has 4 nitrogen and oxygen atoms in total. The molecule has 0 heterocycles. The highest BCUT2D eigenvalue weighted by atomic mass is 32.2. The first-order chi connectivity index (χ1) is 18.6. The third-order valence-corrected chi connectivity index (χ3v) is 10.0. The molecule has 0 fully saturated rings. The number of nitrogens with zero attached hydrogens (tertiary/aromatic N) is 2. The zero-order valence-corrected chi connectivity index (χ0v) is 25.2. The number of benzene rings is 4. The summed E-state index contributed by atoms with van der Waals surface area (Å²) in [5.74, 6) is 0. The molecule has 0 saturated carbocycles. The van der Waals surface area contributed by atoms with Crippen LogP contribution in [0.3, 0.4) is 0 Å². The van der Waals surface area contributed by atoms with Gasteiger partial charge in [0.1, 0.15) is 6.54 Å². The van der Waals surface area contributed by atoms with E-state index in [0.29, 0.717) is 11.4 Å². The van der Waals surface area contributed by atoms with Gasteiger partial charge in [-0.15, -0.1) is 0 Å². The van der Waals surface area contributed by atoms with Crippen molar-refractivity contribution in [2.24, 2.45) is 0 Å². The van der Waals surface area contributed by atoms with Gasteiger partial charge in [-0.3, -0.25) is 4.31 Å². The Kier molecular flexibility index (Phi) is 8.83. The van der Waals surface area contributed by atoms with Crippen LogP contribution in [0.5, 0.6) is 0 Å².